The predicted octanol–water partition coefficient (Wildman–Crippen LogP) is 1.45. The summed E-state index contributed by atoms with van der Waals surface area (Å²) in [6.07, 6.45) is -0.553. The standard InChI is InChI=1S/C16H26N2O3/c1-12(19)17-9-13-5-7-15(8-6-13)21-11-14(20)10-18-16(2,3)4/h5-8,14,18,20H,9-11H2,1-4H3,(H,17,19)/t14-/m0/s1. The molecule has 0 fully saturated rings. The quantitative estimate of drug-likeness (QED) is 0.712. The first-order valence-corrected chi connectivity index (χ1v) is 7.15. The van der Waals surface area contributed by atoms with Crippen molar-refractivity contribution in [1.29, 1.82) is 0 Å². The van der Waals surface area contributed by atoms with E-state index in [1.165, 1.54) is 6.92 Å². The van der Waals surface area contributed by atoms with E-state index in [9.17, 15) is 9.90 Å². The summed E-state index contributed by atoms with van der Waals surface area (Å²) in [5.41, 5.74) is 0.985. The second kappa shape index (κ2) is 8.00. The minimum Gasteiger partial charge on any atom is -0.491 e. The summed E-state index contributed by atoms with van der Waals surface area (Å²) in [5, 5.41) is 15.8. The Morgan fingerprint density at radius 2 is 1.90 bits per heavy atom. The van der Waals surface area contributed by atoms with Gasteiger partial charge in [-0.1, -0.05) is 12.1 Å². The average Bonchev–Trinajstić information content (AvgIpc) is 2.41. The zero-order valence-corrected chi connectivity index (χ0v) is 13.3. The van der Waals surface area contributed by atoms with Gasteiger partial charge in [-0.05, 0) is 38.5 Å². The predicted molar refractivity (Wildman–Crippen MR) is 83.2 cm³/mol. The summed E-state index contributed by atoms with van der Waals surface area (Å²) < 4.78 is 5.54. The molecule has 0 aliphatic heterocycles. The zero-order valence-electron chi connectivity index (χ0n) is 13.3. The lowest BCUT2D eigenvalue weighted by molar-refractivity contribution is -0.119. The number of nitrogens with one attached hydrogen (secondary N) is 2. The van der Waals surface area contributed by atoms with E-state index in [-0.39, 0.29) is 18.1 Å². The van der Waals surface area contributed by atoms with Gasteiger partial charge in [0, 0.05) is 25.6 Å². The Balaban J connectivity index is 2.33. The van der Waals surface area contributed by atoms with E-state index < -0.39 is 6.10 Å². The summed E-state index contributed by atoms with van der Waals surface area (Å²) in [6, 6.07) is 7.46. The maximum atomic E-state index is 10.8. The van der Waals surface area contributed by atoms with Crippen molar-refractivity contribution in [2.45, 2.75) is 45.9 Å². The van der Waals surface area contributed by atoms with Gasteiger partial charge in [0.1, 0.15) is 18.5 Å². The van der Waals surface area contributed by atoms with Crippen LogP contribution >= 0.6 is 0 Å². The van der Waals surface area contributed by atoms with Crippen molar-refractivity contribution in [3.05, 3.63) is 29.8 Å². The highest BCUT2D eigenvalue weighted by Crippen LogP contribution is 2.12. The average molecular weight is 294 g/mol. The van der Waals surface area contributed by atoms with Gasteiger partial charge in [0.25, 0.3) is 0 Å². The molecule has 0 bridgehead atoms. The minimum absolute atomic E-state index is 0.0215. The third-order valence-corrected chi connectivity index (χ3v) is 2.78. The van der Waals surface area contributed by atoms with Crippen molar-refractivity contribution in [2.24, 2.45) is 0 Å². The van der Waals surface area contributed by atoms with Crippen molar-refractivity contribution >= 4 is 5.91 Å². The topological polar surface area (TPSA) is 70.6 Å². The molecule has 0 radical (unpaired) electrons. The number of aliphatic hydroxyl groups excluding tert-OH is 1. The van der Waals surface area contributed by atoms with Crippen LogP contribution in [0.3, 0.4) is 0 Å². The Kier molecular flexibility index (Phi) is 6.65. The largest absolute Gasteiger partial charge is 0.491 e. The number of hydrogen-bond donors (Lipinski definition) is 3. The molecule has 1 aromatic rings. The van der Waals surface area contributed by atoms with E-state index in [2.05, 4.69) is 10.6 Å². The first-order chi connectivity index (χ1) is 9.76. The summed E-state index contributed by atoms with van der Waals surface area (Å²) >= 11 is 0. The second-order valence-corrected chi connectivity index (χ2v) is 6.15. The molecule has 5 heteroatoms. The van der Waals surface area contributed by atoms with Crippen LogP contribution in [0.2, 0.25) is 0 Å². The molecule has 0 heterocycles. The summed E-state index contributed by atoms with van der Waals surface area (Å²) in [7, 11) is 0. The number of rotatable bonds is 7. The molecular weight excluding hydrogens is 268 g/mol. The molecule has 5 nitrogen and oxygen atoms in total. The Morgan fingerprint density at radius 3 is 2.43 bits per heavy atom. The van der Waals surface area contributed by atoms with Gasteiger partial charge in [0.15, 0.2) is 0 Å². The highest BCUT2D eigenvalue weighted by Gasteiger charge is 2.12. The van der Waals surface area contributed by atoms with Crippen LogP contribution in [0.15, 0.2) is 24.3 Å². The lowest BCUT2D eigenvalue weighted by Crippen LogP contribution is -2.42. The third-order valence-electron chi connectivity index (χ3n) is 2.78. The van der Waals surface area contributed by atoms with Gasteiger partial charge in [-0.15, -0.1) is 0 Å². The van der Waals surface area contributed by atoms with Crippen molar-refractivity contribution < 1.29 is 14.6 Å². The van der Waals surface area contributed by atoms with Crippen molar-refractivity contribution in [2.75, 3.05) is 13.2 Å². The fourth-order valence-corrected chi connectivity index (χ4v) is 1.61. The van der Waals surface area contributed by atoms with Crippen LogP contribution in [0.4, 0.5) is 0 Å². The molecule has 0 aliphatic carbocycles. The molecule has 0 spiro atoms. The zero-order chi connectivity index (χ0) is 15.9. The SMILES string of the molecule is CC(=O)NCc1ccc(OC[C@@H](O)CNC(C)(C)C)cc1. The van der Waals surface area contributed by atoms with Crippen molar-refractivity contribution in [3.63, 3.8) is 0 Å². The number of amides is 1. The van der Waals surface area contributed by atoms with Crippen LogP contribution in [-0.2, 0) is 11.3 Å². The molecule has 21 heavy (non-hydrogen) atoms. The maximum absolute atomic E-state index is 10.8. The molecule has 118 valence electrons. The van der Waals surface area contributed by atoms with Crippen molar-refractivity contribution in [1.82, 2.24) is 10.6 Å². The fraction of sp³-hybridized carbons (Fsp3) is 0.562. The molecule has 0 aliphatic rings. The van der Waals surface area contributed by atoms with E-state index >= 15 is 0 Å². The van der Waals surface area contributed by atoms with Gasteiger partial charge in [-0.25, -0.2) is 0 Å². The van der Waals surface area contributed by atoms with E-state index in [0.29, 0.717) is 18.8 Å². The number of hydrogen-bond acceptors (Lipinski definition) is 4. The first-order valence-electron chi connectivity index (χ1n) is 7.15. The van der Waals surface area contributed by atoms with Gasteiger partial charge >= 0.3 is 0 Å². The molecule has 1 atom stereocenters. The number of β-amino-alcohol motifs (C(OH)–C–C–N with tert-alkyl or cyclic N) is 1. The molecule has 0 unspecified atom stereocenters. The second-order valence-electron chi connectivity index (χ2n) is 6.15. The van der Waals surface area contributed by atoms with Crippen LogP contribution in [0.25, 0.3) is 0 Å². The van der Waals surface area contributed by atoms with Gasteiger partial charge in [0.05, 0.1) is 0 Å². The molecule has 0 saturated heterocycles. The molecule has 1 amide bonds. The molecule has 1 rings (SSSR count). The van der Waals surface area contributed by atoms with Crippen molar-refractivity contribution in [3.8, 4) is 5.75 Å². The monoisotopic (exact) mass is 294 g/mol. The highest BCUT2D eigenvalue weighted by molar-refractivity contribution is 5.72. The fourth-order valence-electron chi connectivity index (χ4n) is 1.61. The van der Waals surface area contributed by atoms with Crippen LogP contribution < -0.4 is 15.4 Å². The number of carbonyl (C=O) groups excluding carboxylic acids is 1. The Hall–Kier alpha value is -1.59. The van der Waals surface area contributed by atoms with Crippen LogP contribution in [0.1, 0.15) is 33.3 Å². The van der Waals surface area contributed by atoms with Crippen LogP contribution in [-0.4, -0.2) is 35.8 Å². The van der Waals surface area contributed by atoms with Crippen LogP contribution in [0, 0.1) is 0 Å². The van der Waals surface area contributed by atoms with Gasteiger partial charge in [-0.2, -0.15) is 0 Å². The van der Waals surface area contributed by atoms with E-state index in [4.69, 9.17) is 4.74 Å². The first kappa shape index (κ1) is 17.5. The van der Waals surface area contributed by atoms with Gasteiger partial charge in [0.2, 0.25) is 5.91 Å². The molecule has 1 aromatic carbocycles. The summed E-state index contributed by atoms with van der Waals surface area (Å²) in [6.45, 7) is 8.88. The summed E-state index contributed by atoms with van der Waals surface area (Å²) in [4.78, 5) is 10.8. The Bertz CT molecular complexity index is 438. The highest BCUT2D eigenvalue weighted by atomic mass is 16.5. The summed E-state index contributed by atoms with van der Waals surface area (Å²) in [5.74, 6) is 0.654. The van der Waals surface area contributed by atoms with Crippen LogP contribution in [0.5, 0.6) is 5.75 Å². The molecular formula is C16H26N2O3. The number of ether oxygens (including phenoxy) is 1. The normalized spacial score (nSPS) is 12.8. The number of aliphatic hydroxyl groups is 1. The minimum atomic E-state index is -0.553. The molecule has 0 saturated carbocycles. The smallest absolute Gasteiger partial charge is 0.217 e. The van der Waals surface area contributed by atoms with E-state index in [1.807, 2.05) is 45.0 Å². The lowest BCUT2D eigenvalue weighted by Gasteiger charge is -2.23. The van der Waals surface area contributed by atoms with Gasteiger partial charge in [-0.3, -0.25) is 4.79 Å². The Labute approximate surface area is 126 Å². The van der Waals surface area contributed by atoms with E-state index in [0.717, 1.165) is 5.56 Å². The maximum Gasteiger partial charge on any atom is 0.217 e. The Morgan fingerprint density at radius 1 is 1.29 bits per heavy atom. The van der Waals surface area contributed by atoms with E-state index in [1.54, 1.807) is 0 Å². The molecule has 0 aromatic heterocycles. The third kappa shape index (κ3) is 8.32. The lowest BCUT2D eigenvalue weighted by atomic mass is 10.1. The number of carbonyl (C=O) groups is 1. The molecule has 3 N–H and O–H groups in total. The number of benzene rings is 1. The van der Waals surface area contributed by atoms with Gasteiger partial charge < -0.3 is 20.5 Å².